The average molecular weight is 283 g/mol. The minimum absolute atomic E-state index is 0.0583. The topological polar surface area (TPSA) is 21.3 Å². The van der Waals surface area contributed by atoms with E-state index >= 15 is 0 Å². The number of alkyl halides is 2. The quantitative estimate of drug-likeness (QED) is 0.858. The molecule has 2 nitrogen and oxygen atoms in total. The fraction of sp³-hybridized carbons (Fsp3) is 0.286. The average Bonchev–Trinajstić information content (AvgIpc) is 2.89. The van der Waals surface area contributed by atoms with Crippen LogP contribution in [0.15, 0.2) is 41.8 Å². The Labute approximate surface area is 115 Å². The first-order valence-corrected chi connectivity index (χ1v) is 6.84. The van der Waals surface area contributed by atoms with Gasteiger partial charge in [-0.1, -0.05) is 24.3 Å². The summed E-state index contributed by atoms with van der Waals surface area (Å²) < 4.78 is 29.2. The number of halogens is 2. The molecule has 2 rings (SSSR count). The Hall–Kier alpha value is -1.46. The van der Waals surface area contributed by atoms with E-state index in [9.17, 15) is 8.78 Å². The Kier molecular flexibility index (Phi) is 4.87. The minimum Gasteiger partial charge on any atom is -0.434 e. The Bertz CT molecular complexity index is 502. The molecular formula is C14H15F2NOS. The standard InChI is InChI=1S/C14H15F2NOS/c1-10(17-9-11-5-4-8-19-11)12-6-2-3-7-13(12)18-14(15)16/h2-8,10,14,17H,9H2,1H3. The van der Waals surface area contributed by atoms with Gasteiger partial charge in [0.1, 0.15) is 5.75 Å². The summed E-state index contributed by atoms with van der Waals surface area (Å²) in [6.45, 7) is -0.158. The molecule has 1 atom stereocenters. The number of para-hydroxylation sites is 1. The molecule has 1 N–H and O–H groups in total. The SMILES string of the molecule is CC(NCc1cccs1)c1ccccc1OC(F)F. The first kappa shape index (κ1) is 14.0. The second-order valence-electron chi connectivity index (χ2n) is 4.10. The molecule has 0 aliphatic rings. The van der Waals surface area contributed by atoms with Crippen LogP contribution in [-0.4, -0.2) is 6.61 Å². The highest BCUT2D eigenvalue weighted by Crippen LogP contribution is 2.26. The van der Waals surface area contributed by atoms with Crippen molar-refractivity contribution in [1.29, 1.82) is 0 Å². The van der Waals surface area contributed by atoms with Gasteiger partial charge in [0, 0.05) is 23.0 Å². The number of ether oxygens (including phenoxy) is 1. The molecule has 0 aliphatic carbocycles. The van der Waals surface area contributed by atoms with Crippen LogP contribution in [0.5, 0.6) is 5.75 Å². The highest BCUT2D eigenvalue weighted by Gasteiger charge is 2.14. The van der Waals surface area contributed by atoms with E-state index in [1.165, 1.54) is 4.88 Å². The van der Waals surface area contributed by atoms with Crippen LogP contribution in [0.2, 0.25) is 0 Å². The van der Waals surface area contributed by atoms with E-state index in [0.717, 1.165) is 5.56 Å². The van der Waals surface area contributed by atoms with Gasteiger partial charge in [-0.15, -0.1) is 11.3 Å². The Morgan fingerprint density at radius 3 is 2.68 bits per heavy atom. The maximum absolute atomic E-state index is 12.3. The largest absolute Gasteiger partial charge is 0.434 e. The summed E-state index contributed by atoms with van der Waals surface area (Å²) in [7, 11) is 0. The van der Waals surface area contributed by atoms with E-state index in [1.54, 1.807) is 29.5 Å². The maximum atomic E-state index is 12.3. The number of rotatable bonds is 6. The van der Waals surface area contributed by atoms with Gasteiger partial charge >= 0.3 is 6.61 Å². The minimum atomic E-state index is -2.80. The van der Waals surface area contributed by atoms with Gasteiger partial charge in [0.05, 0.1) is 0 Å². The maximum Gasteiger partial charge on any atom is 0.387 e. The first-order chi connectivity index (χ1) is 9.16. The molecule has 5 heteroatoms. The molecule has 0 bridgehead atoms. The summed E-state index contributed by atoms with van der Waals surface area (Å²) in [6.07, 6.45) is 0. The fourth-order valence-electron chi connectivity index (χ4n) is 1.82. The van der Waals surface area contributed by atoms with Gasteiger partial charge in [-0.05, 0) is 24.4 Å². The van der Waals surface area contributed by atoms with Crippen molar-refractivity contribution in [2.24, 2.45) is 0 Å². The van der Waals surface area contributed by atoms with Gasteiger partial charge in [-0.3, -0.25) is 0 Å². The van der Waals surface area contributed by atoms with E-state index in [4.69, 9.17) is 0 Å². The van der Waals surface area contributed by atoms with E-state index in [1.807, 2.05) is 30.5 Å². The van der Waals surface area contributed by atoms with Crippen LogP contribution in [0.25, 0.3) is 0 Å². The van der Waals surface area contributed by atoms with Gasteiger partial charge < -0.3 is 10.1 Å². The summed E-state index contributed by atoms with van der Waals surface area (Å²) in [5.74, 6) is 0.226. The van der Waals surface area contributed by atoms with Crippen molar-refractivity contribution < 1.29 is 13.5 Å². The summed E-state index contributed by atoms with van der Waals surface area (Å²) in [6, 6.07) is 10.8. The molecule has 0 aliphatic heterocycles. The summed E-state index contributed by atoms with van der Waals surface area (Å²) in [5.41, 5.74) is 0.736. The Morgan fingerprint density at radius 2 is 2.00 bits per heavy atom. The second kappa shape index (κ2) is 6.63. The lowest BCUT2D eigenvalue weighted by Crippen LogP contribution is -2.18. The van der Waals surface area contributed by atoms with Gasteiger partial charge in [0.2, 0.25) is 0 Å². The lowest BCUT2D eigenvalue weighted by molar-refractivity contribution is -0.0506. The van der Waals surface area contributed by atoms with Crippen LogP contribution >= 0.6 is 11.3 Å². The van der Waals surface area contributed by atoms with Crippen LogP contribution in [0.1, 0.15) is 23.4 Å². The van der Waals surface area contributed by atoms with Crippen LogP contribution in [0, 0.1) is 0 Å². The van der Waals surface area contributed by atoms with Crippen molar-refractivity contribution in [2.45, 2.75) is 26.1 Å². The molecule has 1 unspecified atom stereocenters. The Balaban J connectivity index is 2.03. The van der Waals surface area contributed by atoms with E-state index in [0.29, 0.717) is 6.54 Å². The van der Waals surface area contributed by atoms with Crippen molar-refractivity contribution in [1.82, 2.24) is 5.32 Å². The second-order valence-corrected chi connectivity index (χ2v) is 5.13. The van der Waals surface area contributed by atoms with Crippen LogP contribution in [0.4, 0.5) is 8.78 Å². The number of thiophene rings is 1. The van der Waals surface area contributed by atoms with Crippen LogP contribution < -0.4 is 10.1 Å². The number of hydrogen-bond donors (Lipinski definition) is 1. The molecule has 1 aromatic carbocycles. The third kappa shape index (κ3) is 4.01. The first-order valence-electron chi connectivity index (χ1n) is 5.96. The number of nitrogens with one attached hydrogen (secondary N) is 1. The van der Waals surface area contributed by atoms with Crippen molar-refractivity contribution in [3.05, 3.63) is 52.2 Å². The van der Waals surface area contributed by atoms with E-state index in [2.05, 4.69) is 10.1 Å². The van der Waals surface area contributed by atoms with Crippen molar-refractivity contribution in [2.75, 3.05) is 0 Å². The molecule has 2 aromatic rings. The normalized spacial score (nSPS) is 12.6. The lowest BCUT2D eigenvalue weighted by atomic mass is 10.1. The van der Waals surface area contributed by atoms with Gasteiger partial charge in [-0.25, -0.2) is 0 Å². The van der Waals surface area contributed by atoms with Gasteiger partial charge in [0.15, 0.2) is 0 Å². The fourth-order valence-corrected chi connectivity index (χ4v) is 2.47. The molecule has 102 valence electrons. The molecular weight excluding hydrogens is 268 g/mol. The summed E-state index contributed by atoms with van der Waals surface area (Å²) >= 11 is 1.66. The summed E-state index contributed by atoms with van der Waals surface area (Å²) in [4.78, 5) is 1.21. The molecule has 0 fully saturated rings. The molecule has 1 aromatic heterocycles. The Morgan fingerprint density at radius 1 is 1.21 bits per heavy atom. The number of benzene rings is 1. The predicted molar refractivity (Wildman–Crippen MR) is 72.6 cm³/mol. The van der Waals surface area contributed by atoms with E-state index in [-0.39, 0.29) is 11.8 Å². The molecule has 0 saturated carbocycles. The smallest absolute Gasteiger partial charge is 0.387 e. The molecule has 0 saturated heterocycles. The predicted octanol–water partition coefficient (Wildman–Crippen LogP) is 4.20. The zero-order chi connectivity index (χ0) is 13.7. The highest BCUT2D eigenvalue weighted by molar-refractivity contribution is 7.09. The lowest BCUT2D eigenvalue weighted by Gasteiger charge is -2.17. The third-order valence-electron chi connectivity index (χ3n) is 2.76. The number of hydrogen-bond acceptors (Lipinski definition) is 3. The van der Waals surface area contributed by atoms with Crippen molar-refractivity contribution in [3.63, 3.8) is 0 Å². The molecule has 0 amide bonds. The van der Waals surface area contributed by atoms with Gasteiger partial charge in [-0.2, -0.15) is 8.78 Å². The van der Waals surface area contributed by atoms with Gasteiger partial charge in [0.25, 0.3) is 0 Å². The van der Waals surface area contributed by atoms with E-state index < -0.39 is 6.61 Å². The third-order valence-corrected chi connectivity index (χ3v) is 3.64. The highest BCUT2D eigenvalue weighted by atomic mass is 32.1. The van der Waals surface area contributed by atoms with Crippen molar-refractivity contribution >= 4 is 11.3 Å². The molecule has 0 spiro atoms. The molecule has 1 heterocycles. The molecule has 0 radical (unpaired) electrons. The monoisotopic (exact) mass is 283 g/mol. The molecule has 19 heavy (non-hydrogen) atoms. The van der Waals surface area contributed by atoms with Crippen LogP contribution in [-0.2, 0) is 6.54 Å². The van der Waals surface area contributed by atoms with Crippen molar-refractivity contribution in [3.8, 4) is 5.75 Å². The zero-order valence-electron chi connectivity index (χ0n) is 10.5. The van der Waals surface area contributed by atoms with Crippen LogP contribution in [0.3, 0.4) is 0 Å². The summed E-state index contributed by atoms with van der Waals surface area (Å²) in [5, 5.41) is 5.31. The zero-order valence-corrected chi connectivity index (χ0v) is 11.3.